The van der Waals surface area contributed by atoms with Gasteiger partial charge in [0.05, 0.1) is 5.25 Å². The van der Waals surface area contributed by atoms with Crippen molar-refractivity contribution in [2.24, 2.45) is 0 Å². The minimum Gasteiger partial charge on any atom is -0.312 e. The van der Waals surface area contributed by atoms with Gasteiger partial charge in [0.1, 0.15) is 0 Å². The lowest BCUT2D eigenvalue weighted by Gasteiger charge is -2.28. The molecule has 4 unspecified atom stereocenters. The van der Waals surface area contributed by atoms with Crippen LogP contribution in [0.25, 0.3) is 0 Å². The molecule has 102 valence electrons. The van der Waals surface area contributed by atoms with Gasteiger partial charge in [0.15, 0.2) is 0 Å². The number of nitrogens with one attached hydrogen (secondary N) is 1. The third kappa shape index (κ3) is 3.66. The highest BCUT2D eigenvalue weighted by atomic mass is 32.2. The van der Waals surface area contributed by atoms with Gasteiger partial charge in [0, 0.05) is 22.1 Å². The van der Waals surface area contributed by atoms with Crippen molar-refractivity contribution < 1.29 is 4.21 Å². The molecule has 0 aliphatic carbocycles. The van der Waals surface area contributed by atoms with E-state index in [-0.39, 0.29) is 16.5 Å². The van der Waals surface area contributed by atoms with Gasteiger partial charge >= 0.3 is 0 Å². The molecule has 0 saturated carbocycles. The lowest BCUT2D eigenvalue weighted by atomic mass is 10.0. The van der Waals surface area contributed by atoms with E-state index in [1.807, 2.05) is 25.2 Å². The van der Waals surface area contributed by atoms with Crippen LogP contribution in [0.3, 0.4) is 0 Å². The highest BCUT2D eigenvalue weighted by molar-refractivity contribution is 7.86. The van der Waals surface area contributed by atoms with Crippen LogP contribution in [0, 0.1) is 0 Å². The monoisotopic (exact) mass is 267 g/mol. The van der Waals surface area contributed by atoms with Crippen LogP contribution < -0.4 is 5.32 Å². The van der Waals surface area contributed by atoms with Gasteiger partial charge in [-0.3, -0.25) is 4.21 Å². The van der Waals surface area contributed by atoms with Crippen molar-refractivity contribution in [2.45, 2.75) is 50.2 Å². The minimum absolute atomic E-state index is 0.172. The van der Waals surface area contributed by atoms with E-state index in [0.717, 1.165) is 12.8 Å². The smallest absolute Gasteiger partial charge is 0.0542 e. The molecule has 0 amide bonds. The zero-order chi connectivity index (χ0) is 13.5. The lowest BCUT2D eigenvalue weighted by molar-refractivity contribution is 0.534. The van der Waals surface area contributed by atoms with Crippen LogP contribution in [-0.4, -0.2) is 21.8 Å². The first-order valence-electron chi connectivity index (χ1n) is 6.77. The molecule has 4 atom stereocenters. The van der Waals surface area contributed by atoms with E-state index >= 15 is 0 Å². The Hall–Kier alpha value is -0.670. The molecule has 0 fully saturated rings. The van der Waals surface area contributed by atoms with Gasteiger partial charge in [-0.25, -0.2) is 0 Å². The van der Waals surface area contributed by atoms with E-state index in [4.69, 9.17) is 0 Å². The van der Waals surface area contributed by atoms with Gasteiger partial charge in [-0.15, -0.1) is 0 Å². The fraction of sp³-hybridized carbons (Fsp3) is 0.600. The summed E-state index contributed by atoms with van der Waals surface area (Å²) in [5.41, 5.74) is 1.23. The maximum absolute atomic E-state index is 12.6. The van der Waals surface area contributed by atoms with Crippen molar-refractivity contribution in [1.29, 1.82) is 0 Å². The third-order valence-electron chi connectivity index (χ3n) is 3.51. The van der Waals surface area contributed by atoms with Crippen molar-refractivity contribution in [1.82, 2.24) is 5.32 Å². The van der Waals surface area contributed by atoms with Gasteiger partial charge in [-0.1, -0.05) is 51.1 Å². The van der Waals surface area contributed by atoms with Crippen molar-refractivity contribution in [3.63, 3.8) is 0 Å². The predicted octanol–water partition coefficient (Wildman–Crippen LogP) is 3.27. The summed E-state index contributed by atoms with van der Waals surface area (Å²) in [7, 11) is 1.16. The van der Waals surface area contributed by atoms with Crippen molar-refractivity contribution >= 4 is 10.8 Å². The van der Waals surface area contributed by atoms with Crippen molar-refractivity contribution in [3.05, 3.63) is 35.9 Å². The summed E-state index contributed by atoms with van der Waals surface area (Å²) in [6, 6.07) is 10.5. The second kappa shape index (κ2) is 7.70. The molecule has 0 radical (unpaired) electrons. The lowest BCUT2D eigenvalue weighted by Crippen LogP contribution is -2.35. The zero-order valence-corrected chi connectivity index (χ0v) is 12.7. The second-order valence-corrected chi connectivity index (χ2v) is 6.74. The van der Waals surface area contributed by atoms with E-state index < -0.39 is 10.8 Å². The van der Waals surface area contributed by atoms with Crippen molar-refractivity contribution in [2.75, 3.05) is 7.05 Å². The molecule has 18 heavy (non-hydrogen) atoms. The van der Waals surface area contributed by atoms with Crippen LogP contribution >= 0.6 is 0 Å². The third-order valence-corrected chi connectivity index (χ3v) is 5.84. The summed E-state index contributed by atoms with van der Waals surface area (Å²) in [5.74, 6) is 0. The first kappa shape index (κ1) is 15.4. The molecule has 1 N–H and O–H groups in total. The summed E-state index contributed by atoms with van der Waals surface area (Å²) in [4.78, 5) is 0. The SMILES string of the molecule is CCC(C)S(=O)C(CC)C(NC)c1ccccc1. The highest BCUT2D eigenvalue weighted by Gasteiger charge is 2.28. The molecule has 0 saturated heterocycles. The van der Waals surface area contributed by atoms with E-state index in [1.165, 1.54) is 5.56 Å². The molecular formula is C15H25NOS. The molecule has 0 spiro atoms. The number of hydrogen-bond donors (Lipinski definition) is 1. The largest absolute Gasteiger partial charge is 0.312 e. The van der Waals surface area contributed by atoms with Crippen LogP contribution in [0.15, 0.2) is 30.3 Å². The Morgan fingerprint density at radius 2 is 1.78 bits per heavy atom. The Morgan fingerprint density at radius 1 is 1.17 bits per heavy atom. The number of rotatable bonds is 7. The first-order chi connectivity index (χ1) is 8.65. The Balaban J connectivity index is 2.94. The van der Waals surface area contributed by atoms with E-state index in [0.29, 0.717) is 0 Å². The molecule has 0 aromatic heterocycles. The molecule has 2 nitrogen and oxygen atoms in total. The average molecular weight is 267 g/mol. The quantitative estimate of drug-likeness (QED) is 0.821. The molecule has 1 rings (SSSR count). The summed E-state index contributed by atoms with van der Waals surface area (Å²) < 4.78 is 12.6. The Morgan fingerprint density at radius 3 is 2.22 bits per heavy atom. The van der Waals surface area contributed by atoms with E-state index in [9.17, 15) is 4.21 Å². The fourth-order valence-corrected chi connectivity index (χ4v) is 4.04. The standard InChI is InChI=1S/C15H25NOS/c1-5-12(3)18(17)14(6-2)15(16-4)13-10-8-7-9-11-13/h7-12,14-16H,5-6H2,1-4H3. The van der Waals surface area contributed by atoms with Gasteiger partial charge in [0.2, 0.25) is 0 Å². The molecule has 0 bridgehead atoms. The summed E-state index contributed by atoms with van der Waals surface area (Å²) in [5, 5.41) is 3.77. The molecule has 0 heterocycles. The Kier molecular flexibility index (Phi) is 6.58. The minimum atomic E-state index is -0.796. The average Bonchev–Trinajstić information content (AvgIpc) is 2.43. The highest BCUT2D eigenvalue weighted by Crippen LogP contribution is 2.25. The summed E-state index contributed by atoms with van der Waals surface area (Å²) >= 11 is 0. The molecule has 0 aliphatic rings. The molecule has 1 aromatic carbocycles. The first-order valence-corrected chi connectivity index (χ1v) is 8.04. The van der Waals surface area contributed by atoms with Gasteiger partial charge in [-0.05, 0) is 25.5 Å². The molecule has 1 aromatic rings. The number of benzene rings is 1. The zero-order valence-electron chi connectivity index (χ0n) is 11.8. The van der Waals surface area contributed by atoms with Crippen molar-refractivity contribution in [3.8, 4) is 0 Å². The molecule has 3 heteroatoms. The Labute approximate surface area is 114 Å². The van der Waals surface area contributed by atoms with Crippen LogP contribution in [0.4, 0.5) is 0 Å². The molecular weight excluding hydrogens is 242 g/mol. The number of hydrogen-bond acceptors (Lipinski definition) is 2. The van der Waals surface area contributed by atoms with Crippen LogP contribution in [0.2, 0.25) is 0 Å². The van der Waals surface area contributed by atoms with Crippen LogP contribution in [0.5, 0.6) is 0 Å². The Bertz CT molecular complexity index is 366. The summed E-state index contributed by atoms with van der Waals surface area (Å²) in [6.07, 6.45) is 1.89. The normalized spacial score (nSPS) is 18.0. The van der Waals surface area contributed by atoms with Gasteiger partial charge in [-0.2, -0.15) is 0 Å². The maximum atomic E-state index is 12.6. The van der Waals surface area contributed by atoms with E-state index in [2.05, 4.69) is 38.2 Å². The van der Waals surface area contributed by atoms with Gasteiger partial charge in [0.25, 0.3) is 0 Å². The topological polar surface area (TPSA) is 29.1 Å². The van der Waals surface area contributed by atoms with Crippen LogP contribution in [-0.2, 0) is 10.8 Å². The summed E-state index contributed by atoms with van der Waals surface area (Å²) in [6.45, 7) is 6.31. The van der Waals surface area contributed by atoms with E-state index in [1.54, 1.807) is 0 Å². The predicted molar refractivity (Wildman–Crippen MR) is 80.2 cm³/mol. The molecule has 0 aliphatic heterocycles. The fourth-order valence-electron chi connectivity index (χ4n) is 2.22. The second-order valence-electron chi connectivity index (χ2n) is 4.67. The maximum Gasteiger partial charge on any atom is 0.0542 e. The van der Waals surface area contributed by atoms with Gasteiger partial charge < -0.3 is 5.32 Å². The van der Waals surface area contributed by atoms with Crippen LogP contribution in [0.1, 0.15) is 45.2 Å².